The number of nitrogens with zero attached hydrogens (tertiary/aromatic N) is 5. The molecule has 0 aromatic carbocycles. The monoisotopic (exact) mass is 331 g/mol. The van der Waals surface area contributed by atoms with Gasteiger partial charge in [0.15, 0.2) is 16.6 Å². The molecule has 0 saturated carbocycles. The van der Waals surface area contributed by atoms with E-state index in [4.69, 9.17) is 0 Å². The van der Waals surface area contributed by atoms with Gasteiger partial charge in [-0.3, -0.25) is 4.79 Å². The lowest BCUT2D eigenvalue weighted by atomic mass is 10.3. The van der Waals surface area contributed by atoms with E-state index in [0.717, 1.165) is 17.0 Å². The average molecular weight is 331 g/mol. The van der Waals surface area contributed by atoms with Gasteiger partial charge < -0.3 is 15.2 Å². The second-order valence-electron chi connectivity index (χ2n) is 5.08. The van der Waals surface area contributed by atoms with Crippen molar-refractivity contribution in [3.63, 3.8) is 0 Å². The number of aryl methyl sites for hydroxylation is 2. The number of hydrogen-bond acceptors (Lipinski definition) is 7. The molecular weight excluding hydrogens is 314 g/mol. The van der Waals surface area contributed by atoms with Crippen molar-refractivity contribution >= 4 is 39.4 Å². The van der Waals surface area contributed by atoms with Gasteiger partial charge in [0.1, 0.15) is 11.8 Å². The van der Waals surface area contributed by atoms with E-state index in [1.54, 1.807) is 18.3 Å². The first-order valence-electron chi connectivity index (χ1n) is 7.19. The molecule has 0 aliphatic heterocycles. The van der Waals surface area contributed by atoms with Crippen molar-refractivity contribution in [2.75, 3.05) is 23.8 Å². The molecule has 9 heteroatoms. The maximum atomic E-state index is 12.2. The number of carbonyl (C=O) groups excluding carboxylic acids is 1. The summed E-state index contributed by atoms with van der Waals surface area (Å²) in [4.78, 5) is 34.9. The zero-order chi connectivity index (χ0) is 16.4. The van der Waals surface area contributed by atoms with Crippen molar-refractivity contribution in [2.45, 2.75) is 20.3 Å². The van der Waals surface area contributed by atoms with Crippen LogP contribution in [0.25, 0.3) is 11.2 Å². The summed E-state index contributed by atoms with van der Waals surface area (Å²) in [7, 11) is 1.80. The van der Waals surface area contributed by atoms with E-state index >= 15 is 0 Å². The molecule has 1 amide bonds. The fourth-order valence-corrected chi connectivity index (χ4v) is 3.22. The Labute approximate surface area is 137 Å². The Morgan fingerprint density at radius 3 is 2.96 bits per heavy atom. The zero-order valence-corrected chi connectivity index (χ0v) is 13.9. The summed E-state index contributed by atoms with van der Waals surface area (Å²) in [5.41, 5.74) is 2.31. The number of likely N-dealkylation sites (N-methyl/N-ethyl adjacent to an activating group) is 1. The molecule has 0 fully saturated rings. The Balaban J connectivity index is 1.70. The first-order chi connectivity index (χ1) is 11.1. The Morgan fingerprint density at radius 2 is 2.22 bits per heavy atom. The molecule has 3 rings (SSSR count). The lowest BCUT2D eigenvalue weighted by Gasteiger charge is -2.17. The van der Waals surface area contributed by atoms with Crippen molar-refractivity contribution in [1.29, 1.82) is 0 Å². The Morgan fingerprint density at radius 1 is 1.39 bits per heavy atom. The molecule has 2 N–H and O–H groups in total. The SMILES string of the molecule is CCc1nc(NC(=O)CN(C)c2ncnc3nc[nH]c23)sc1C. The highest BCUT2D eigenvalue weighted by Crippen LogP contribution is 2.22. The van der Waals surface area contributed by atoms with E-state index in [1.165, 1.54) is 17.7 Å². The molecule has 0 bridgehead atoms. The standard InChI is InChI=1S/C14H17N7OS/c1-4-9-8(2)23-14(19-9)20-10(22)5-21(3)13-11-12(16-6-15-11)17-7-18-13/h6-7H,4-5H2,1-3H3,(H,19,20,22)(H,15,16,17,18). The zero-order valence-electron chi connectivity index (χ0n) is 13.1. The maximum Gasteiger partial charge on any atom is 0.245 e. The molecule has 3 aromatic heterocycles. The normalized spacial score (nSPS) is 10.9. The first kappa shape index (κ1) is 15.3. The van der Waals surface area contributed by atoms with Crippen LogP contribution < -0.4 is 10.2 Å². The number of thiazole rings is 1. The van der Waals surface area contributed by atoms with Gasteiger partial charge in [-0.05, 0) is 13.3 Å². The number of hydrogen-bond donors (Lipinski definition) is 2. The predicted molar refractivity (Wildman–Crippen MR) is 89.8 cm³/mol. The van der Waals surface area contributed by atoms with Crippen molar-refractivity contribution in [2.24, 2.45) is 0 Å². The van der Waals surface area contributed by atoms with Crippen LogP contribution in [0.4, 0.5) is 10.9 Å². The number of aromatic nitrogens is 5. The van der Waals surface area contributed by atoms with E-state index in [-0.39, 0.29) is 12.5 Å². The van der Waals surface area contributed by atoms with Crippen molar-refractivity contribution in [3.05, 3.63) is 23.2 Å². The molecule has 8 nitrogen and oxygen atoms in total. The molecule has 23 heavy (non-hydrogen) atoms. The number of imidazole rings is 1. The van der Waals surface area contributed by atoms with Gasteiger partial charge in [0.05, 0.1) is 18.6 Å². The molecule has 0 saturated heterocycles. The van der Waals surface area contributed by atoms with Crippen molar-refractivity contribution in [3.8, 4) is 0 Å². The van der Waals surface area contributed by atoms with Crippen LogP contribution in [0.2, 0.25) is 0 Å². The summed E-state index contributed by atoms with van der Waals surface area (Å²) in [5.74, 6) is 0.488. The third kappa shape index (κ3) is 3.14. The topological polar surface area (TPSA) is 99.7 Å². The van der Waals surface area contributed by atoms with Gasteiger partial charge in [-0.1, -0.05) is 6.92 Å². The molecule has 0 unspecified atom stereocenters. The smallest absolute Gasteiger partial charge is 0.245 e. The largest absolute Gasteiger partial charge is 0.348 e. The van der Waals surface area contributed by atoms with Crippen molar-refractivity contribution in [1.82, 2.24) is 24.9 Å². The number of anilines is 2. The fraction of sp³-hybridized carbons (Fsp3) is 0.357. The van der Waals surface area contributed by atoms with Crippen LogP contribution in [0.3, 0.4) is 0 Å². The molecule has 0 spiro atoms. The maximum absolute atomic E-state index is 12.2. The lowest BCUT2D eigenvalue weighted by molar-refractivity contribution is -0.114. The molecular formula is C14H17N7OS. The molecule has 120 valence electrons. The number of carbonyl (C=O) groups is 1. The second-order valence-corrected chi connectivity index (χ2v) is 6.28. The summed E-state index contributed by atoms with van der Waals surface area (Å²) in [6.45, 7) is 4.21. The summed E-state index contributed by atoms with van der Waals surface area (Å²) in [6, 6.07) is 0. The Bertz CT molecular complexity index is 841. The van der Waals surface area contributed by atoms with Gasteiger partial charge in [-0.15, -0.1) is 11.3 Å². The molecule has 0 radical (unpaired) electrons. The summed E-state index contributed by atoms with van der Waals surface area (Å²) < 4.78 is 0. The van der Waals surface area contributed by atoms with Crippen LogP contribution in [-0.2, 0) is 11.2 Å². The van der Waals surface area contributed by atoms with Gasteiger partial charge >= 0.3 is 0 Å². The number of H-pyrrole nitrogens is 1. The quantitative estimate of drug-likeness (QED) is 0.739. The summed E-state index contributed by atoms with van der Waals surface area (Å²) in [5, 5.41) is 3.47. The minimum absolute atomic E-state index is 0.143. The van der Waals surface area contributed by atoms with Crippen LogP contribution in [-0.4, -0.2) is 44.4 Å². The summed E-state index contributed by atoms with van der Waals surface area (Å²) in [6.07, 6.45) is 3.85. The highest BCUT2D eigenvalue weighted by Gasteiger charge is 2.15. The second kappa shape index (κ2) is 6.29. The third-order valence-corrected chi connectivity index (χ3v) is 4.35. The third-order valence-electron chi connectivity index (χ3n) is 3.42. The molecule has 3 heterocycles. The minimum atomic E-state index is -0.143. The molecule has 0 aliphatic rings. The van der Waals surface area contributed by atoms with Crippen molar-refractivity contribution < 1.29 is 4.79 Å². The number of nitrogens with one attached hydrogen (secondary N) is 2. The highest BCUT2D eigenvalue weighted by molar-refractivity contribution is 7.15. The van der Waals surface area contributed by atoms with E-state index in [2.05, 4.69) is 30.2 Å². The average Bonchev–Trinajstić information content (AvgIpc) is 3.12. The molecule has 0 atom stereocenters. The number of fused-ring (bicyclic) bond motifs is 1. The van der Waals surface area contributed by atoms with E-state index < -0.39 is 0 Å². The lowest BCUT2D eigenvalue weighted by Crippen LogP contribution is -2.30. The van der Waals surface area contributed by atoms with Gasteiger partial charge in [-0.2, -0.15) is 0 Å². The van der Waals surface area contributed by atoms with E-state index in [9.17, 15) is 4.79 Å². The highest BCUT2D eigenvalue weighted by atomic mass is 32.1. The van der Waals surface area contributed by atoms with Crippen LogP contribution in [0.15, 0.2) is 12.7 Å². The van der Waals surface area contributed by atoms with Gasteiger partial charge in [0, 0.05) is 11.9 Å². The van der Waals surface area contributed by atoms with E-state index in [1.807, 2.05) is 13.8 Å². The molecule has 0 aliphatic carbocycles. The Hall–Kier alpha value is -2.55. The minimum Gasteiger partial charge on any atom is -0.348 e. The van der Waals surface area contributed by atoms with Crippen LogP contribution in [0.1, 0.15) is 17.5 Å². The van der Waals surface area contributed by atoms with Gasteiger partial charge in [0.2, 0.25) is 5.91 Å². The number of rotatable bonds is 5. The van der Waals surface area contributed by atoms with E-state index in [0.29, 0.717) is 22.1 Å². The Kier molecular flexibility index (Phi) is 4.20. The van der Waals surface area contributed by atoms with Gasteiger partial charge in [0.25, 0.3) is 0 Å². The number of amides is 1. The van der Waals surface area contributed by atoms with Crippen LogP contribution in [0, 0.1) is 6.92 Å². The number of aromatic amines is 1. The summed E-state index contributed by atoms with van der Waals surface area (Å²) >= 11 is 1.49. The first-order valence-corrected chi connectivity index (χ1v) is 8.01. The van der Waals surface area contributed by atoms with Crippen LogP contribution in [0.5, 0.6) is 0 Å². The van der Waals surface area contributed by atoms with Gasteiger partial charge in [-0.25, -0.2) is 19.9 Å². The van der Waals surface area contributed by atoms with Crippen LogP contribution >= 0.6 is 11.3 Å². The molecule has 3 aromatic rings. The fourth-order valence-electron chi connectivity index (χ4n) is 2.30. The predicted octanol–water partition coefficient (Wildman–Crippen LogP) is 1.76.